The minimum atomic E-state index is 0.174. The van der Waals surface area contributed by atoms with Crippen molar-refractivity contribution in [2.75, 3.05) is 13.7 Å². The third-order valence-corrected chi connectivity index (χ3v) is 3.27. The van der Waals surface area contributed by atoms with E-state index in [1.165, 1.54) is 5.69 Å². The van der Waals surface area contributed by atoms with Crippen molar-refractivity contribution in [3.05, 3.63) is 16.4 Å². The predicted molar refractivity (Wildman–Crippen MR) is 70.2 cm³/mol. The lowest BCUT2D eigenvalue weighted by Crippen LogP contribution is -2.13. The molecule has 2 atom stereocenters. The molecule has 0 aliphatic carbocycles. The van der Waals surface area contributed by atoms with E-state index < -0.39 is 0 Å². The van der Waals surface area contributed by atoms with Crippen molar-refractivity contribution < 1.29 is 4.74 Å². The van der Waals surface area contributed by atoms with Gasteiger partial charge in [-0.25, -0.2) is 0 Å². The smallest absolute Gasteiger partial charge is 0.0658 e. The third-order valence-electron chi connectivity index (χ3n) is 2.49. The van der Waals surface area contributed by atoms with E-state index in [-0.39, 0.29) is 5.38 Å². The molecule has 0 N–H and O–H groups in total. The quantitative estimate of drug-likeness (QED) is 0.753. The summed E-state index contributed by atoms with van der Waals surface area (Å²) in [6, 6.07) is 0. The molecule has 92 valence electrons. The van der Waals surface area contributed by atoms with Crippen LogP contribution in [0.1, 0.15) is 31.9 Å². The van der Waals surface area contributed by atoms with Gasteiger partial charge in [0.2, 0.25) is 0 Å². The van der Waals surface area contributed by atoms with E-state index in [4.69, 9.17) is 16.3 Å². The predicted octanol–water partition coefficient (Wildman–Crippen LogP) is 3.41. The van der Waals surface area contributed by atoms with Gasteiger partial charge < -0.3 is 4.74 Å². The number of aromatic nitrogens is 2. The zero-order valence-electron chi connectivity index (χ0n) is 9.91. The average Bonchev–Trinajstić information content (AvgIpc) is 2.55. The number of halogens is 2. The van der Waals surface area contributed by atoms with Crippen LogP contribution in [0.4, 0.5) is 0 Å². The molecular weight excluding hydrogens is 291 g/mol. The number of nitrogens with zero attached hydrogens (tertiary/aromatic N) is 2. The van der Waals surface area contributed by atoms with Gasteiger partial charge >= 0.3 is 0 Å². The average molecular weight is 310 g/mol. The number of rotatable bonds is 6. The maximum atomic E-state index is 6.03. The minimum Gasteiger partial charge on any atom is -0.383 e. The molecule has 0 aliphatic rings. The van der Waals surface area contributed by atoms with Gasteiger partial charge in [-0.05, 0) is 29.3 Å². The highest BCUT2D eigenvalue weighted by molar-refractivity contribution is 9.10. The topological polar surface area (TPSA) is 27.1 Å². The Morgan fingerprint density at radius 2 is 2.25 bits per heavy atom. The monoisotopic (exact) mass is 308 g/mol. The Morgan fingerprint density at radius 1 is 1.56 bits per heavy atom. The number of methoxy groups -OCH3 is 1. The van der Waals surface area contributed by atoms with Crippen molar-refractivity contribution in [3.8, 4) is 0 Å². The van der Waals surface area contributed by atoms with Crippen molar-refractivity contribution in [2.45, 2.75) is 38.1 Å². The lowest BCUT2D eigenvalue weighted by molar-refractivity contribution is 0.182. The maximum absolute atomic E-state index is 6.03. The first-order chi connectivity index (χ1) is 7.56. The molecule has 0 radical (unpaired) electrons. The molecule has 5 heteroatoms. The molecule has 2 unspecified atom stereocenters. The van der Waals surface area contributed by atoms with Gasteiger partial charge in [0.15, 0.2) is 0 Å². The Labute approximate surface area is 110 Å². The Morgan fingerprint density at radius 3 is 2.81 bits per heavy atom. The second-order valence-corrected chi connectivity index (χ2v) is 5.61. The second-order valence-electron chi connectivity index (χ2n) is 4.01. The molecule has 0 saturated heterocycles. The molecule has 16 heavy (non-hydrogen) atoms. The molecular formula is C11H18BrClN2O. The van der Waals surface area contributed by atoms with Gasteiger partial charge in [0, 0.05) is 18.4 Å². The summed E-state index contributed by atoms with van der Waals surface area (Å²) >= 11 is 9.56. The SMILES string of the molecule is COCCn1ncc(Br)c1C(C)CC(C)Cl. The van der Waals surface area contributed by atoms with E-state index in [1.54, 1.807) is 7.11 Å². The summed E-state index contributed by atoms with van der Waals surface area (Å²) < 4.78 is 8.10. The highest BCUT2D eigenvalue weighted by atomic mass is 79.9. The van der Waals surface area contributed by atoms with E-state index in [1.807, 2.05) is 17.8 Å². The molecule has 0 aromatic carbocycles. The highest BCUT2D eigenvalue weighted by Crippen LogP contribution is 2.29. The Hall–Kier alpha value is -0.0600. The van der Waals surface area contributed by atoms with Crippen molar-refractivity contribution >= 4 is 27.5 Å². The van der Waals surface area contributed by atoms with Gasteiger partial charge in [-0.3, -0.25) is 4.68 Å². The first kappa shape index (κ1) is 14.0. The van der Waals surface area contributed by atoms with E-state index in [9.17, 15) is 0 Å². The van der Waals surface area contributed by atoms with Gasteiger partial charge in [-0.15, -0.1) is 11.6 Å². The standard InChI is InChI=1S/C11H18BrClN2O/c1-8(6-9(2)13)11-10(12)7-14-15(11)4-5-16-3/h7-9H,4-6H2,1-3H3. The number of hydrogen-bond acceptors (Lipinski definition) is 2. The molecule has 0 saturated carbocycles. The maximum Gasteiger partial charge on any atom is 0.0658 e. The summed E-state index contributed by atoms with van der Waals surface area (Å²) in [4.78, 5) is 0. The summed E-state index contributed by atoms with van der Waals surface area (Å²) in [6.07, 6.45) is 2.78. The number of alkyl halides is 1. The summed E-state index contributed by atoms with van der Waals surface area (Å²) in [7, 11) is 1.70. The third kappa shape index (κ3) is 3.75. The van der Waals surface area contributed by atoms with Crippen LogP contribution in [0.3, 0.4) is 0 Å². The molecule has 0 fully saturated rings. The van der Waals surface area contributed by atoms with Crippen LogP contribution < -0.4 is 0 Å². The van der Waals surface area contributed by atoms with Crippen LogP contribution in [-0.2, 0) is 11.3 Å². The first-order valence-corrected chi connectivity index (χ1v) is 6.63. The van der Waals surface area contributed by atoms with Crippen molar-refractivity contribution in [3.63, 3.8) is 0 Å². The van der Waals surface area contributed by atoms with Crippen molar-refractivity contribution in [1.29, 1.82) is 0 Å². The molecule has 1 rings (SSSR count). The largest absolute Gasteiger partial charge is 0.383 e. The Bertz CT molecular complexity index is 328. The van der Waals surface area contributed by atoms with Gasteiger partial charge in [0.1, 0.15) is 0 Å². The van der Waals surface area contributed by atoms with Gasteiger partial charge in [-0.2, -0.15) is 5.10 Å². The molecule has 1 aromatic heterocycles. The minimum absolute atomic E-state index is 0.174. The normalized spacial score (nSPS) is 15.1. The summed E-state index contributed by atoms with van der Waals surface area (Å²) in [5.74, 6) is 0.390. The molecule has 3 nitrogen and oxygen atoms in total. The number of ether oxygens (including phenoxy) is 1. The van der Waals surface area contributed by atoms with E-state index >= 15 is 0 Å². The van der Waals surface area contributed by atoms with Crippen LogP contribution in [0.2, 0.25) is 0 Å². The Kier molecular flexibility index (Phi) is 5.79. The van der Waals surface area contributed by atoms with Gasteiger partial charge in [0.05, 0.1) is 29.5 Å². The second kappa shape index (κ2) is 6.62. The van der Waals surface area contributed by atoms with Gasteiger partial charge in [-0.1, -0.05) is 6.92 Å². The summed E-state index contributed by atoms with van der Waals surface area (Å²) in [5.41, 5.74) is 1.20. The van der Waals surface area contributed by atoms with Crippen LogP contribution in [0.5, 0.6) is 0 Å². The molecule has 0 amide bonds. The van der Waals surface area contributed by atoms with Crippen LogP contribution >= 0.6 is 27.5 Å². The lowest BCUT2D eigenvalue weighted by atomic mass is 10.0. The zero-order chi connectivity index (χ0) is 12.1. The van der Waals surface area contributed by atoms with Crippen LogP contribution in [0.25, 0.3) is 0 Å². The molecule has 1 aromatic rings. The zero-order valence-corrected chi connectivity index (χ0v) is 12.3. The van der Waals surface area contributed by atoms with Crippen molar-refractivity contribution in [1.82, 2.24) is 9.78 Å². The Balaban J connectivity index is 2.79. The molecule has 0 aliphatic heterocycles. The first-order valence-electron chi connectivity index (χ1n) is 5.40. The van der Waals surface area contributed by atoms with E-state index in [2.05, 4.69) is 28.0 Å². The summed E-state index contributed by atoms with van der Waals surface area (Å²) in [6.45, 7) is 5.63. The highest BCUT2D eigenvalue weighted by Gasteiger charge is 2.17. The molecule has 1 heterocycles. The fraction of sp³-hybridized carbons (Fsp3) is 0.727. The fourth-order valence-corrected chi connectivity index (χ4v) is 2.77. The lowest BCUT2D eigenvalue weighted by Gasteiger charge is -2.16. The number of hydrogen-bond donors (Lipinski definition) is 0. The van der Waals surface area contributed by atoms with Crippen LogP contribution in [0.15, 0.2) is 10.7 Å². The van der Waals surface area contributed by atoms with E-state index in [0.717, 1.165) is 17.4 Å². The van der Waals surface area contributed by atoms with Gasteiger partial charge in [0.25, 0.3) is 0 Å². The molecule has 0 bridgehead atoms. The fourth-order valence-electron chi connectivity index (χ4n) is 1.82. The van der Waals surface area contributed by atoms with Crippen LogP contribution in [-0.4, -0.2) is 28.9 Å². The summed E-state index contributed by atoms with van der Waals surface area (Å²) in [5, 5.41) is 4.50. The van der Waals surface area contributed by atoms with Crippen LogP contribution in [0, 0.1) is 0 Å². The van der Waals surface area contributed by atoms with E-state index in [0.29, 0.717) is 12.5 Å². The molecule has 0 spiro atoms. The van der Waals surface area contributed by atoms with Crippen molar-refractivity contribution in [2.24, 2.45) is 0 Å².